The third kappa shape index (κ3) is 8.98. The van der Waals surface area contributed by atoms with E-state index in [4.69, 9.17) is 0 Å². The normalized spacial score (nSPS) is 7.89. The summed E-state index contributed by atoms with van der Waals surface area (Å²) in [5.41, 5.74) is 0. The molecule has 0 rings (SSSR count). The van der Waals surface area contributed by atoms with Crippen molar-refractivity contribution < 1.29 is 38.3 Å². The number of carbonyl (C=O) groups is 4. The highest BCUT2D eigenvalue weighted by Gasteiger charge is 2.20. The van der Waals surface area contributed by atoms with E-state index in [2.05, 4.69) is 30.9 Å². The maximum absolute atomic E-state index is 10.7. The van der Waals surface area contributed by atoms with E-state index in [-0.39, 0.29) is 12.3 Å². The molecule has 0 radical (unpaired) electrons. The van der Waals surface area contributed by atoms with Crippen molar-refractivity contribution in [3.8, 4) is 0 Å². The quantitative estimate of drug-likeness (QED) is 0.231. The van der Waals surface area contributed by atoms with Crippen molar-refractivity contribution in [2.45, 2.75) is 0 Å². The molecule has 0 spiro atoms. The smallest absolute Gasteiger partial charge is 0.418 e. The molecule has 0 amide bonds. The summed E-state index contributed by atoms with van der Waals surface area (Å²) < 4.78 is 8.14. The van der Waals surface area contributed by atoms with Crippen LogP contribution < -0.4 is 24.1 Å². The summed E-state index contributed by atoms with van der Waals surface area (Å²) in [7, 11) is 0. The van der Waals surface area contributed by atoms with Crippen molar-refractivity contribution >= 4 is 23.9 Å². The summed E-state index contributed by atoms with van der Waals surface area (Å²) in [6.45, 7) is -1.71. The lowest BCUT2D eigenvalue weighted by molar-refractivity contribution is -0.174. The van der Waals surface area contributed by atoms with Gasteiger partial charge < -0.3 is 31.4 Å². The molecule has 0 heterocycles. The summed E-state index contributed by atoms with van der Waals surface area (Å²) in [4.78, 5) is 49.5. The molecule has 0 atom stereocenters. The van der Waals surface area contributed by atoms with Crippen LogP contribution in [0.1, 0.15) is 0 Å². The second kappa shape index (κ2) is 11.2. The predicted octanol–water partition coefficient (Wildman–Crippen LogP) is -2.77. The number of esters is 2. The van der Waals surface area contributed by atoms with Gasteiger partial charge in [0.25, 0.3) is 0 Å². The average molecular weight is 270 g/mol. The van der Waals surface area contributed by atoms with E-state index in [1.54, 1.807) is 0 Å². The molecular formula is C6H14N4O8. The molecule has 0 fully saturated rings. The second-order valence-corrected chi connectivity index (χ2v) is 2.13. The van der Waals surface area contributed by atoms with Crippen LogP contribution in [0, 0.1) is 0 Å². The minimum Gasteiger partial charge on any atom is -0.445 e. The molecule has 106 valence electrons. The molecule has 18 heavy (non-hydrogen) atoms. The van der Waals surface area contributed by atoms with Crippen LogP contribution in [0.2, 0.25) is 0 Å². The van der Waals surface area contributed by atoms with Crippen molar-refractivity contribution in [3.05, 3.63) is 0 Å². The molecule has 0 saturated heterocycles. The van der Waals surface area contributed by atoms with Crippen LogP contribution in [0.5, 0.6) is 0 Å². The van der Waals surface area contributed by atoms with Crippen LogP contribution in [0.3, 0.4) is 0 Å². The van der Waals surface area contributed by atoms with Gasteiger partial charge in [-0.05, 0) is 0 Å². The van der Waals surface area contributed by atoms with E-state index < -0.39 is 37.1 Å². The third-order valence-corrected chi connectivity index (χ3v) is 1.07. The van der Waals surface area contributed by atoms with Gasteiger partial charge in [-0.1, -0.05) is 0 Å². The van der Waals surface area contributed by atoms with Crippen LogP contribution in [-0.4, -0.2) is 37.1 Å². The van der Waals surface area contributed by atoms with Crippen LogP contribution in [0.15, 0.2) is 0 Å². The van der Waals surface area contributed by atoms with Crippen LogP contribution in [0.4, 0.5) is 0 Å². The minimum absolute atomic E-state index is 0. The fourth-order valence-corrected chi connectivity index (χ4v) is 0.435. The lowest BCUT2D eigenvalue weighted by atomic mass is 10.6. The van der Waals surface area contributed by atoms with Gasteiger partial charge in [-0.2, -0.15) is 11.8 Å². The zero-order chi connectivity index (χ0) is 12.6. The fourth-order valence-electron chi connectivity index (χ4n) is 0.435. The Balaban J connectivity index is -0.00000112. The van der Waals surface area contributed by atoms with E-state index in [9.17, 15) is 19.2 Å². The molecule has 0 unspecified atom stereocenters. The third-order valence-electron chi connectivity index (χ3n) is 1.07. The van der Waals surface area contributed by atoms with Crippen molar-refractivity contribution in [1.82, 2.24) is 12.3 Å². The Morgan fingerprint density at radius 1 is 0.722 bits per heavy atom. The molecule has 12 nitrogen and oxygen atoms in total. The number of hydrogen-bond acceptors (Lipinski definition) is 12. The molecule has 0 aliphatic heterocycles. The highest BCUT2D eigenvalue weighted by Crippen LogP contribution is 1.86. The Hall–Kier alpha value is -2.28. The van der Waals surface area contributed by atoms with E-state index in [1.165, 1.54) is 0 Å². The van der Waals surface area contributed by atoms with Gasteiger partial charge in [0.05, 0.1) is 0 Å². The number of ether oxygens (including phenoxy) is 2. The Kier molecular flexibility index (Phi) is 13.1. The molecule has 0 aliphatic carbocycles. The van der Waals surface area contributed by atoms with Crippen molar-refractivity contribution in [2.24, 2.45) is 11.8 Å². The number of carbonyl (C=O) groups excluding carboxylic acids is 4. The first-order chi connectivity index (χ1) is 7.51. The zero-order valence-corrected chi connectivity index (χ0v) is 9.25. The largest absolute Gasteiger partial charge is 0.445 e. The lowest BCUT2D eigenvalue weighted by Gasteiger charge is -2.02. The van der Waals surface area contributed by atoms with Crippen LogP contribution >= 0.6 is 0 Å². The second-order valence-electron chi connectivity index (χ2n) is 2.13. The fraction of sp³-hybridized carbons (Fsp3) is 0.333. The molecule has 0 aromatic carbocycles. The van der Waals surface area contributed by atoms with Gasteiger partial charge in [0, 0.05) is 0 Å². The van der Waals surface area contributed by atoms with Crippen molar-refractivity contribution in [3.63, 3.8) is 0 Å². The van der Waals surface area contributed by atoms with Gasteiger partial charge >= 0.3 is 23.9 Å². The monoisotopic (exact) mass is 270 g/mol. The zero-order valence-electron chi connectivity index (χ0n) is 9.25. The summed E-state index contributed by atoms with van der Waals surface area (Å²) >= 11 is 0. The number of rotatable bonds is 4. The van der Waals surface area contributed by atoms with E-state index in [1.807, 2.05) is 0 Å². The van der Waals surface area contributed by atoms with Crippen LogP contribution in [-0.2, 0) is 38.3 Å². The Bertz CT molecular complexity index is 276. The first-order valence-electron chi connectivity index (χ1n) is 3.64. The lowest BCUT2D eigenvalue weighted by Crippen LogP contribution is -2.27. The van der Waals surface area contributed by atoms with Crippen LogP contribution in [0.25, 0.3) is 0 Å². The maximum atomic E-state index is 10.7. The Labute approximate surface area is 101 Å². The number of hydrogen-bond donors (Lipinski definition) is 4. The molecule has 0 aliphatic rings. The van der Waals surface area contributed by atoms with Gasteiger partial charge in [-0.3, -0.25) is 0 Å². The summed E-state index contributed by atoms with van der Waals surface area (Å²) in [5, 5.41) is 0. The van der Waals surface area contributed by atoms with Gasteiger partial charge in [-0.15, -0.1) is 0 Å². The summed E-state index contributed by atoms with van der Waals surface area (Å²) in [5.74, 6) is 3.72. The first kappa shape index (κ1) is 21.1. The molecule has 0 aromatic heterocycles. The van der Waals surface area contributed by atoms with E-state index in [0.717, 1.165) is 0 Å². The van der Waals surface area contributed by atoms with Gasteiger partial charge in [-0.25, -0.2) is 19.2 Å². The van der Waals surface area contributed by atoms with E-state index in [0.29, 0.717) is 0 Å². The highest BCUT2D eigenvalue weighted by molar-refractivity contribution is 6.30. The van der Waals surface area contributed by atoms with Crippen molar-refractivity contribution in [1.29, 1.82) is 0 Å². The molecule has 0 bridgehead atoms. The molecule has 0 saturated carbocycles. The van der Waals surface area contributed by atoms with Gasteiger partial charge in [0.2, 0.25) is 0 Å². The minimum atomic E-state index is -1.49. The summed E-state index contributed by atoms with van der Waals surface area (Å²) in [6.07, 6.45) is 0. The Morgan fingerprint density at radius 3 is 1.22 bits per heavy atom. The molecular weight excluding hydrogens is 256 g/mol. The van der Waals surface area contributed by atoms with E-state index >= 15 is 0 Å². The summed E-state index contributed by atoms with van der Waals surface area (Å²) in [6, 6.07) is 0. The first-order valence-corrected chi connectivity index (χ1v) is 3.64. The highest BCUT2D eigenvalue weighted by atomic mass is 16.7. The van der Waals surface area contributed by atoms with Gasteiger partial charge in [0.1, 0.15) is 0 Å². The predicted molar refractivity (Wildman–Crippen MR) is 52.5 cm³/mol. The molecule has 12 heteroatoms. The molecule has 10 N–H and O–H groups in total. The standard InChI is InChI=1S/C6H8N2O8.2H3N/c7-15-3(9)1-13-5(11)6(12)14-2-4(10)16-8;;/h1-2,7-8H2;2*1H3. The Morgan fingerprint density at radius 2 is 1.00 bits per heavy atom. The maximum Gasteiger partial charge on any atom is 0.418 e. The van der Waals surface area contributed by atoms with Gasteiger partial charge in [0.15, 0.2) is 13.2 Å². The average Bonchev–Trinajstić information content (AvgIpc) is 2.31. The topological polar surface area (TPSA) is 227 Å². The SMILES string of the molecule is N.N.NOC(=O)COC(=O)C(=O)OCC(=O)ON. The number of nitrogens with two attached hydrogens (primary N) is 2. The molecule has 0 aromatic rings. The van der Waals surface area contributed by atoms with Crippen molar-refractivity contribution in [2.75, 3.05) is 13.2 Å².